The molecule has 0 spiro atoms. The first-order chi connectivity index (χ1) is 13.0. The molecule has 2 aromatic carbocycles. The van der Waals surface area contributed by atoms with Crippen molar-refractivity contribution in [3.05, 3.63) is 65.6 Å². The first kappa shape index (κ1) is 17.6. The molecule has 1 aliphatic rings. The van der Waals surface area contributed by atoms with Crippen molar-refractivity contribution in [2.75, 3.05) is 5.73 Å². The molecule has 7 heteroatoms. The van der Waals surface area contributed by atoms with Gasteiger partial charge in [0.2, 0.25) is 0 Å². The van der Waals surface area contributed by atoms with Crippen LogP contribution in [0.1, 0.15) is 18.4 Å². The zero-order valence-corrected chi connectivity index (χ0v) is 14.4. The van der Waals surface area contributed by atoms with Crippen LogP contribution >= 0.6 is 0 Å². The second-order valence-electron chi connectivity index (χ2n) is 6.72. The molecular formula is C20H18F3N3O. The van der Waals surface area contributed by atoms with Crippen LogP contribution in [0.2, 0.25) is 0 Å². The number of hydrogen-bond donors (Lipinski definition) is 2. The first-order valence-corrected chi connectivity index (χ1v) is 8.67. The second-order valence-corrected chi connectivity index (χ2v) is 6.72. The van der Waals surface area contributed by atoms with E-state index in [1.807, 2.05) is 0 Å². The number of halogens is 3. The lowest BCUT2D eigenvalue weighted by molar-refractivity contribution is 0.0801. The van der Waals surface area contributed by atoms with Crippen LogP contribution in [0.5, 0.6) is 5.75 Å². The third kappa shape index (κ3) is 3.68. The third-order valence-electron chi connectivity index (χ3n) is 4.83. The van der Waals surface area contributed by atoms with Crippen LogP contribution in [0.4, 0.5) is 19.0 Å². The highest BCUT2D eigenvalue weighted by molar-refractivity contribution is 5.87. The summed E-state index contributed by atoms with van der Waals surface area (Å²) >= 11 is 0. The number of pyridine rings is 1. The normalized spacial score (nSPS) is 19.1. The Bertz CT molecular complexity index is 984. The van der Waals surface area contributed by atoms with E-state index in [0.717, 1.165) is 22.9 Å². The van der Waals surface area contributed by atoms with Crippen LogP contribution in [0.15, 0.2) is 42.6 Å². The molecule has 0 amide bonds. The number of nitrogens with two attached hydrogens (primary N) is 1. The van der Waals surface area contributed by atoms with Gasteiger partial charge in [-0.25, -0.2) is 18.2 Å². The zero-order valence-electron chi connectivity index (χ0n) is 14.4. The molecule has 3 N–H and O–H groups in total. The van der Waals surface area contributed by atoms with Gasteiger partial charge in [0.05, 0.1) is 0 Å². The van der Waals surface area contributed by atoms with Gasteiger partial charge in [-0.3, -0.25) is 0 Å². The molecule has 0 aliphatic heterocycles. The van der Waals surface area contributed by atoms with E-state index in [9.17, 15) is 13.2 Å². The quantitative estimate of drug-likeness (QED) is 0.711. The molecule has 0 unspecified atom stereocenters. The summed E-state index contributed by atoms with van der Waals surface area (Å²) in [5.41, 5.74) is 6.26. The van der Waals surface area contributed by atoms with Gasteiger partial charge in [-0.15, -0.1) is 0 Å². The average molecular weight is 373 g/mol. The van der Waals surface area contributed by atoms with Crippen molar-refractivity contribution in [1.29, 1.82) is 0 Å². The topological polar surface area (TPSA) is 60.2 Å². The van der Waals surface area contributed by atoms with Crippen LogP contribution in [0, 0.1) is 17.5 Å². The molecule has 27 heavy (non-hydrogen) atoms. The molecule has 1 fully saturated rings. The fourth-order valence-electron chi connectivity index (χ4n) is 3.27. The minimum absolute atomic E-state index is 0.0444. The van der Waals surface area contributed by atoms with E-state index < -0.39 is 11.6 Å². The fraction of sp³-hybridized carbons (Fsp3) is 0.250. The Morgan fingerprint density at radius 3 is 2.67 bits per heavy atom. The molecule has 0 atom stereocenters. The summed E-state index contributed by atoms with van der Waals surface area (Å²) in [6.07, 6.45) is 2.79. The summed E-state index contributed by atoms with van der Waals surface area (Å²) in [6, 6.07) is 8.14. The summed E-state index contributed by atoms with van der Waals surface area (Å²) in [5.74, 6) is -1.27. The number of nitrogen functional groups attached to an aromatic ring is 1. The Labute approximate surface area is 154 Å². The Morgan fingerprint density at radius 1 is 1.07 bits per heavy atom. The Kier molecular flexibility index (Phi) is 4.61. The molecule has 3 aromatic rings. The third-order valence-corrected chi connectivity index (χ3v) is 4.83. The Hall–Kier alpha value is -2.80. The van der Waals surface area contributed by atoms with Gasteiger partial charge in [-0.05, 0) is 48.6 Å². The van der Waals surface area contributed by atoms with Crippen LogP contribution in [-0.4, -0.2) is 17.1 Å². The van der Waals surface area contributed by atoms with Gasteiger partial charge in [0, 0.05) is 35.8 Å². The average Bonchev–Trinajstić information content (AvgIpc) is 2.60. The predicted molar refractivity (Wildman–Crippen MR) is 96.7 cm³/mol. The lowest BCUT2D eigenvalue weighted by Gasteiger charge is -2.36. The van der Waals surface area contributed by atoms with E-state index in [1.165, 1.54) is 12.1 Å². The molecule has 4 rings (SSSR count). The van der Waals surface area contributed by atoms with Crippen molar-refractivity contribution in [1.82, 2.24) is 10.3 Å². The largest absolute Gasteiger partial charge is 0.487 e. The summed E-state index contributed by atoms with van der Waals surface area (Å²) in [5, 5.41) is 4.85. The monoisotopic (exact) mass is 373 g/mol. The predicted octanol–water partition coefficient (Wildman–Crippen LogP) is 3.93. The van der Waals surface area contributed by atoms with Crippen molar-refractivity contribution in [3.63, 3.8) is 0 Å². The van der Waals surface area contributed by atoms with Crippen LogP contribution < -0.4 is 15.8 Å². The number of anilines is 1. The molecule has 1 aromatic heterocycles. The van der Waals surface area contributed by atoms with Gasteiger partial charge in [0.25, 0.3) is 0 Å². The molecule has 0 radical (unpaired) electrons. The van der Waals surface area contributed by atoms with E-state index in [2.05, 4.69) is 10.3 Å². The molecule has 0 bridgehead atoms. The minimum atomic E-state index is -0.713. The Morgan fingerprint density at radius 2 is 1.89 bits per heavy atom. The lowest BCUT2D eigenvalue weighted by Crippen LogP contribution is -2.46. The van der Waals surface area contributed by atoms with Crippen LogP contribution in [-0.2, 0) is 6.54 Å². The van der Waals surface area contributed by atoms with Gasteiger partial charge in [-0.2, -0.15) is 0 Å². The summed E-state index contributed by atoms with van der Waals surface area (Å²) in [7, 11) is 0. The molecule has 4 nitrogen and oxygen atoms in total. The molecule has 1 saturated carbocycles. The number of nitrogens with one attached hydrogen (secondary N) is 1. The number of ether oxygens (including phenoxy) is 1. The van der Waals surface area contributed by atoms with Crippen molar-refractivity contribution in [2.24, 2.45) is 0 Å². The Balaban J connectivity index is 1.37. The SMILES string of the molecule is Nc1cc2c(CN[C@H]3C[C@H](Oc4ccc(F)cc4F)C3)c(F)ccc2cn1. The van der Waals surface area contributed by atoms with Gasteiger partial charge in [-0.1, -0.05) is 0 Å². The lowest BCUT2D eigenvalue weighted by atomic mass is 9.89. The number of fused-ring (bicyclic) bond motifs is 1. The van der Waals surface area contributed by atoms with Gasteiger partial charge >= 0.3 is 0 Å². The highest BCUT2D eigenvalue weighted by atomic mass is 19.1. The molecular weight excluding hydrogens is 355 g/mol. The van der Waals surface area contributed by atoms with E-state index in [4.69, 9.17) is 10.5 Å². The van der Waals surface area contributed by atoms with E-state index in [1.54, 1.807) is 18.3 Å². The summed E-state index contributed by atoms with van der Waals surface area (Å²) in [6.45, 7) is 0.342. The maximum atomic E-state index is 14.3. The van der Waals surface area contributed by atoms with Crippen LogP contribution in [0.3, 0.4) is 0 Å². The van der Waals surface area contributed by atoms with Crippen molar-refractivity contribution < 1.29 is 17.9 Å². The van der Waals surface area contributed by atoms with Crippen molar-refractivity contribution in [3.8, 4) is 5.75 Å². The first-order valence-electron chi connectivity index (χ1n) is 8.67. The number of hydrogen-bond acceptors (Lipinski definition) is 4. The van der Waals surface area contributed by atoms with Gasteiger partial charge in [0.15, 0.2) is 11.6 Å². The summed E-state index contributed by atoms with van der Waals surface area (Å²) < 4.78 is 46.4. The smallest absolute Gasteiger partial charge is 0.167 e. The maximum Gasteiger partial charge on any atom is 0.167 e. The maximum absolute atomic E-state index is 14.3. The standard InChI is InChI=1S/C20H18F3N3O/c21-12-2-4-19(18(23)5-12)27-14-6-13(7-14)25-10-16-15-8-20(24)26-9-11(15)1-3-17(16)22/h1-5,8-9,13-14,25H,6-7,10H2,(H2,24,26)/t13-,14-. The van der Waals surface area contributed by atoms with Crippen LogP contribution in [0.25, 0.3) is 10.8 Å². The highest BCUT2D eigenvalue weighted by Gasteiger charge is 2.31. The fourth-order valence-corrected chi connectivity index (χ4v) is 3.27. The zero-order chi connectivity index (χ0) is 19.0. The van der Waals surface area contributed by atoms with E-state index >= 15 is 0 Å². The molecule has 1 heterocycles. The second kappa shape index (κ2) is 7.08. The molecule has 140 valence electrons. The van der Waals surface area contributed by atoms with Crippen molar-refractivity contribution >= 4 is 16.6 Å². The number of benzene rings is 2. The van der Waals surface area contributed by atoms with Gasteiger partial charge < -0.3 is 15.8 Å². The molecule has 1 aliphatic carbocycles. The summed E-state index contributed by atoms with van der Waals surface area (Å²) in [4.78, 5) is 4.03. The number of nitrogens with zero attached hydrogens (tertiary/aromatic N) is 1. The van der Waals surface area contributed by atoms with E-state index in [-0.39, 0.29) is 23.7 Å². The highest BCUT2D eigenvalue weighted by Crippen LogP contribution is 2.29. The molecule has 0 saturated heterocycles. The van der Waals surface area contributed by atoms with E-state index in [0.29, 0.717) is 30.8 Å². The number of aromatic nitrogens is 1. The minimum Gasteiger partial charge on any atom is -0.487 e. The number of rotatable bonds is 5. The van der Waals surface area contributed by atoms with Crippen molar-refractivity contribution in [2.45, 2.75) is 31.5 Å². The van der Waals surface area contributed by atoms with Gasteiger partial charge in [0.1, 0.15) is 23.6 Å².